The standard InChI is InChI=1S/C23H19N3O3/c1-14(22(27)25-16-11-9-15(13-24)10-12-16)29-23(28)21-17-5-2-3-7-19(17)26-20-8-4-6-18(20)21/h2-3,5,7,9-12,14H,4,6,8H2,1H3,(H,25,27)/t14-/m0/s1. The fraction of sp³-hybridized carbons (Fsp3) is 0.217. The number of carbonyl (C=O) groups is 2. The lowest BCUT2D eigenvalue weighted by Gasteiger charge is -2.16. The summed E-state index contributed by atoms with van der Waals surface area (Å²) >= 11 is 0. The minimum absolute atomic E-state index is 0.432. The van der Waals surface area contributed by atoms with Gasteiger partial charge in [0.05, 0.1) is 22.7 Å². The maximum absolute atomic E-state index is 13.0. The van der Waals surface area contributed by atoms with Gasteiger partial charge in [0.25, 0.3) is 5.91 Å². The van der Waals surface area contributed by atoms with E-state index in [1.807, 2.05) is 30.3 Å². The SMILES string of the molecule is C[C@H](OC(=O)c1c2c(nc3ccccc13)CCC2)C(=O)Nc1ccc(C#N)cc1. The van der Waals surface area contributed by atoms with E-state index in [0.29, 0.717) is 16.8 Å². The Labute approximate surface area is 168 Å². The highest BCUT2D eigenvalue weighted by atomic mass is 16.5. The maximum atomic E-state index is 13.0. The highest BCUT2D eigenvalue weighted by molar-refractivity contribution is 6.06. The van der Waals surface area contributed by atoms with Crippen molar-refractivity contribution in [2.24, 2.45) is 0 Å². The minimum Gasteiger partial charge on any atom is -0.449 e. The fourth-order valence-corrected chi connectivity index (χ4v) is 3.59. The number of carbonyl (C=O) groups excluding carboxylic acids is 2. The first-order chi connectivity index (χ1) is 14.1. The number of nitriles is 1. The van der Waals surface area contributed by atoms with Crippen molar-refractivity contribution in [3.05, 3.63) is 70.9 Å². The highest BCUT2D eigenvalue weighted by Crippen LogP contribution is 2.30. The van der Waals surface area contributed by atoms with Crippen LogP contribution >= 0.6 is 0 Å². The Balaban J connectivity index is 1.55. The van der Waals surface area contributed by atoms with Crippen LogP contribution in [0.3, 0.4) is 0 Å². The Morgan fingerprint density at radius 2 is 1.90 bits per heavy atom. The molecule has 1 N–H and O–H groups in total. The maximum Gasteiger partial charge on any atom is 0.339 e. The lowest BCUT2D eigenvalue weighted by molar-refractivity contribution is -0.123. The van der Waals surface area contributed by atoms with Gasteiger partial charge in [0, 0.05) is 16.8 Å². The van der Waals surface area contributed by atoms with Crippen LogP contribution in [-0.2, 0) is 22.4 Å². The number of hydrogen-bond acceptors (Lipinski definition) is 5. The van der Waals surface area contributed by atoms with Crippen molar-refractivity contribution in [2.75, 3.05) is 5.32 Å². The molecule has 29 heavy (non-hydrogen) atoms. The van der Waals surface area contributed by atoms with Crippen LogP contribution in [0.15, 0.2) is 48.5 Å². The molecule has 1 aromatic heterocycles. The van der Waals surface area contributed by atoms with Crippen LogP contribution in [0.25, 0.3) is 10.9 Å². The highest BCUT2D eigenvalue weighted by Gasteiger charge is 2.27. The van der Waals surface area contributed by atoms with Gasteiger partial charge in [0.15, 0.2) is 6.10 Å². The zero-order valence-corrected chi connectivity index (χ0v) is 15.9. The molecule has 0 radical (unpaired) electrons. The van der Waals surface area contributed by atoms with Crippen molar-refractivity contribution in [1.29, 1.82) is 5.26 Å². The molecule has 0 saturated heterocycles. The molecule has 1 amide bonds. The first-order valence-electron chi connectivity index (χ1n) is 9.49. The predicted octanol–water partition coefficient (Wildman–Crippen LogP) is 3.78. The normalized spacial score (nSPS) is 13.4. The second-order valence-electron chi connectivity index (χ2n) is 7.01. The van der Waals surface area contributed by atoms with Gasteiger partial charge in [-0.15, -0.1) is 0 Å². The molecular weight excluding hydrogens is 366 g/mol. The third-order valence-corrected chi connectivity index (χ3v) is 5.06. The van der Waals surface area contributed by atoms with Gasteiger partial charge in [-0.05, 0) is 62.1 Å². The summed E-state index contributed by atoms with van der Waals surface area (Å²) in [6.07, 6.45) is 1.61. The van der Waals surface area contributed by atoms with Crippen molar-refractivity contribution in [1.82, 2.24) is 4.98 Å². The molecule has 144 valence electrons. The number of nitrogens with one attached hydrogen (secondary N) is 1. The van der Waals surface area contributed by atoms with E-state index in [4.69, 9.17) is 10.00 Å². The number of amides is 1. The van der Waals surface area contributed by atoms with Crippen molar-refractivity contribution in [3.63, 3.8) is 0 Å². The van der Waals surface area contributed by atoms with E-state index in [1.54, 1.807) is 31.2 Å². The molecule has 1 aliphatic rings. The van der Waals surface area contributed by atoms with Crippen LogP contribution in [0, 0.1) is 11.3 Å². The summed E-state index contributed by atoms with van der Waals surface area (Å²) in [6.45, 7) is 1.54. The predicted molar refractivity (Wildman–Crippen MR) is 108 cm³/mol. The smallest absolute Gasteiger partial charge is 0.339 e. The number of ether oxygens (including phenoxy) is 1. The van der Waals surface area contributed by atoms with Crippen LogP contribution in [0.1, 0.15) is 40.5 Å². The van der Waals surface area contributed by atoms with Gasteiger partial charge < -0.3 is 10.1 Å². The molecule has 6 heteroatoms. The minimum atomic E-state index is -0.970. The van der Waals surface area contributed by atoms with E-state index in [0.717, 1.165) is 41.4 Å². The number of aromatic nitrogens is 1. The molecule has 0 spiro atoms. The average molecular weight is 385 g/mol. The zero-order chi connectivity index (χ0) is 20.4. The Morgan fingerprint density at radius 1 is 1.14 bits per heavy atom. The Bertz CT molecular complexity index is 1150. The van der Waals surface area contributed by atoms with Crippen LogP contribution in [0.4, 0.5) is 5.69 Å². The third kappa shape index (κ3) is 3.67. The molecule has 0 aliphatic heterocycles. The number of rotatable bonds is 4. The van der Waals surface area contributed by atoms with E-state index in [1.165, 1.54) is 0 Å². The Kier molecular flexibility index (Phi) is 4.96. The Morgan fingerprint density at radius 3 is 2.66 bits per heavy atom. The average Bonchev–Trinajstić information content (AvgIpc) is 3.20. The van der Waals surface area contributed by atoms with Crippen LogP contribution < -0.4 is 5.32 Å². The molecule has 1 heterocycles. The molecule has 3 aromatic rings. The number of hydrogen-bond donors (Lipinski definition) is 1. The molecule has 2 aromatic carbocycles. The van der Waals surface area contributed by atoms with Crippen LogP contribution in [0.2, 0.25) is 0 Å². The van der Waals surface area contributed by atoms with Gasteiger partial charge in [-0.2, -0.15) is 5.26 Å². The summed E-state index contributed by atoms with van der Waals surface area (Å²) < 4.78 is 5.52. The van der Waals surface area contributed by atoms with E-state index < -0.39 is 18.0 Å². The number of pyridine rings is 1. The summed E-state index contributed by atoms with van der Waals surface area (Å²) in [4.78, 5) is 30.1. The number of anilines is 1. The first kappa shape index (κ1) is 18.6. The summed E-state index contributed by atoms with van der Waals surface area (Å²) in [5.74, 6) is -0.942. The quantitative estimate of drug-likeness (QED) is 0.690. The molecule has 0 bridgehead atoms. The van der Waals surface area contributed by atoms with Crippen molar-refractivity contribution in [2.45, 2.75) is 32.3 Å². The Hall–Kier alpha value is -3.72. The van der Waals surface area contributed by atoms with E-state index in [-0.39, 0.29) is 0 Å². The van der Waals surface area contributed by atoms with E-state index >= 15 is 0 Å². The van der Waals surface area contributed by atoms with Crippen molar-refractivity contribution < 1.29 is 14.3 Å². The van der Waals surface area contributed by atoms with Crippen LogP contribution in [0.5, 0.6) is 0 Å². The fourth-order valence-electron chi connectivity index (χ4n) is 3.59. The summed E-state index contributed by atoms with van der Waals surface area (Å²) in [5, 5.41) is 12.3. The van der Waals surface area contributed by atoms with Gasteiger partial charge >= 0.3 is 5.97 Å². The molecule has 1 atom stereocenters. The number of fused-ring (bicyclic) bond motifs is 2. The lowest BCUT2D eigenvalue weighted by Crippen LogP contribution is -2.30. The summed E-state index contributed by atoms with van der Waals surface area (Å²) in [6, 6.07) is 16.0. The molecular formula is C23H19N3O3. The van der Waals surface area contributed by atoms with Crippen molar-refractivity contribution in [3.8, 4) is 6.07 Å². The van der Waals surface area contributed by atoms with E-state index in [9.17, 15) is 9.59 Å². The van der Waals surface area contributed by atoms with Gasteiger partial charge in [-0.3, -0.25) is 9.78 Å². The van der Waals surface area contributed by atoms with Gasteiger partial charge in [0.1, 0.15) is 0 Å². The van der Waals surface area contributed by atoms with Crippen LogP contribution in [-0.4, -0.2) is 23.0 Å². The topological polar surface area (TPSA) is 92.1 Å². The number of para-hydroxylation sites is 1. The van der Waals surface area contributed by atoms with Gasteiger partial charge in [0.2, 0.25) is 0 Å². The molecule has 0 saturated carbocycles. The van der Waals surface area contributed by atoms with E-state index in [2.05, 4.69) is 10.3 Å². The second-order valence-corrected chi connectivity index (χ2v) is 7.01. The summed E-state index contributed by atoms with van der Waals surface area (Å²) in [5.41, 5.74) is 4.17. The number of benzene rings is 2. The molecule has 1 aliphatic carbocycles. The molecule has 4 rings (SSSR count). The first-order valence-corrected chi connectivity index (χ1v) is 9.49. The number of aryl methyl sites for hydroxylation is 1. The zero-order valence-electron chi connectivity index (χ0n) is 15.9. The van der Waals surface area contributed by atoms with Crippen molar-refractivity contribution >= 4 is 28.5 Å². The molecule has 0 fully saturated rings. The molecule has 0 unspecified atom stereocenters. The third-order valence-electron chi connectivity index (χ3n) is 5.06. The lowest BCUT2D eigenvalue weighted by atomic mass is 10.0. The largest absolute Gasteiger partial charge is 0.449 e. The monoisotopic (exact) mass is 385 g/mol. The molecule has 6 nitrogen and oxygen atoms in total. The van der Waals surface area contributed by atoms with Gasteiger partial charge in [-0.25, -0.2) is 4.79 Å². The van der Waals surface area contributed by atoms with Gasteiger partial charge in [-0.1, -0.05) is 18.2 Å². The number of esters is 1. The number of nitrogens with zero attached hydrogens (tertiary/aromatic N) is 2. The summed E-state index contributed by atoms with van der Waals surface area (Å²) in [7, 11) is 0. The second kappa shape index (κ2) is 7.72.